The number of aliphatic hydroxyl groups excluding tert-OH is 1. The van der Waals surface area contributed by atoms with E-state index in [4.69, 9.17) is 11.6 Å². The zero-order valence-electron chi connectivity index (χ0n) is 10.8. The van der Waals surface area contributed by atoms with Gasteiger partial charge >= 0.3 is 0 Å². The van der Waals surface area contributed by atoms with Crippen molar-refractivity contribution in [1.29, 1.82) is 0 Å². The second-order valence-electron chi connectivity index (χ2n) is 4.41. The van der Waals surface area contributed by atoms with Gasteiger partial charge in [0, 0.05) is 6.20 Å². The normalized spacial score (nSPS) is 11.9. The minimum Gasteiger partial charge on any atom is -0.394 e. The average molecular weight is 291 g/mol. The van der Waals surface area contributed by atoms with E-state index in [9.17, 15) is 9.90 Å². The van der Waals surface area contributed by atoms with E-state index in [0.717, 1.165) is 5.56 Å². The van der Waals surface area contributed by atoms with E-state index in [-0.39, 0.29) is 18.6 Å². The molecule has 0 fully saturated rings. The van der Waals surface area contributed by atoms with Gasteiger partial charge in [0.2, 0.25) is 0 Å². The molecule has 0 bridgehead atoms. The van der Waals surface area contributed by atoms with Crippen LogP contribution in [0.15, 0.2) is 48.7 Å². The molecule has 20 heavy (non-hydrogen) atoms. The molecule has 2 rings (SSSR count). The Morgan fingerprint density at radius 1 is 1.25 bits per heavy atom. The molecule has 1 aromatic carbocycles. The quantitative estimate of drug-likeness (QED) is 0.829. The summed E-state index contributed by atoms with van der Waals surface area (Å²) in [4.78, 5) is 15.9. The van der Waals surface area contributed by atoms with E-state index in [1.165, 1.54) is 6.20 Å². The van der Waals surface area contributed by atoms with Crippen molar-refractivity contribution in [3.8, 4) is 0 Å². The Morgan fingerprint density at radius 2 is 2.00 bits per heavy atom. The lowest BCUT2D eigenvalue weighted by molar-refractivity contribution is 0.0916. The number of amides is 1. The lowest BCUT2D eigenvalue weighted by Gasteiger charge is -2.16. The van der Waals surface area contributed by atoms with Crippen LogP contribution >= 0.6 is 11.6 Å². The van der Waals surface area contributed by atoms with E-state index < -0.39 is 0 Å². The second kappa shape index (κ2) is 7.03. The number of benzene rings is 1. The zero-order chi connectivity index (χ0) is 14.4. The number of carbonyl (C=O) groups is 1. The number of halogens is 1. The van der Waals surface area contributed by atoms with Gasteiger partial charge in [-0.25, -0.2) is 4.98 Å². The summed E-state index contributed by atoms with van der Waals surface area (Å²) in [5.41, 5.74) is 1.47. The van der Waals surface area contributed by atoms with Gasteiger partial charge in [-0.1, -0.05) is 41.9 Å². The lowest BCUT2D eigenvalue weighted by Crippen LogP contribution is -2.39. The highest BCUT2D eigenvalue weighted by Gasteiger charge is 2.13. The number of hydrogen-bond donors (Lipinski definition) is 2. The van der Waals surface area contributed by atoms with Gasteiger partial charge in [0.25, 0.3) is 5.91 Å². The molecule has 1 unspecified atom stereocenters. The SMILES string of the molecule is O=C(NC(CO)Cc1ccccc1)c1ccc(Cl)nc1. The fourth-order valence-corrected chi connectivity index (χ4v) is 1.95. The number of pyridine rings is 1. The van der Waals surface area contributed by atoms with Crippen LogP contribution in [0.1, 0.15) is 15.9 Å². The molecule has 2 aromatic rings. The van der Waals surface area contributed by atoms with Gasteiger partial charge in [0.1, 0.15) is 5.15 Å². The van der Waals surface area contributed by atoms with Crippen LogP contribution in [0.5, 0.6) is 0 Å². The van der Waals surface area contributed by atoms with Crippen molar-refractivity contribution in [3.63, 3.8) is 0 Å². The molecule has 0 radical (unpaired) electrons. The maximum Gasteiger partial charge on any atom is 0.253 e. The molecule has 2 N–H and O–H groups in total. The highest BCUT2D eigenvalue weighted by Crippen LogP contribution is 2.07. The van der Waals surface area contributed by atoms with Crippen LogP contribution < -0.4 is 5.32 Å². The number of nitrogens with zero attached hydrogens (tertiary/aromatic N) is 1. The van der Waals surface area contributed by atoms with E-state index in [1.807, 2.05) is 30.3 Å². The Bertz CT molecular complexity index is 558. The molecule has 1 amide bonds. The monoisotopic (exact) mass is 290 g/mol. The largest absolute Gasteiger partial charge is 0.394 e. The Kier molecular flexibility index (Phi) is 5.09. The summed E-state index contributed by atoms with van der Waals surface area (Å²) in [6, 6.07) is 12.5. The van der Waals surface area contributed by atoms with Crippen molar-refractivity contribution in [1.82, 2.24) is 10.3 Å². The van der Waals surface area contributed by atoms with Gasteiger partial charge in [0.05, 0.1) is 18.2 Å². The third kappa shape index (κ3) is 4.05. The first-order valence-corrected chi connectivity index (χ1v) is 6.64. The summed E-state index contributed by atoms with van der Waals surface area (Å²) in [5, 5.41) is 12.5. The van der Waals surface area contributed by atoms with Gasteiger partial charge in [-0.15, -0.1) is 0 Å². The summed E-state index contributed by atoms with van der Waals surface area (Å²) >= 11 is 5.67. The standard InChI is InChI=1S/C15H15ClN2O2/c16-14-7-6-12(9-17-14)15(20)18-13(10-19)8-11-4-2-1-3-5-11/h1-7,9,13,19H,8,10H2,(H,18,20). The van der Waals surface area contributed by atoms with Crippen molar-refractivity contribution >= 4 is 17.5 Å². The maximum absolute atomic E-state index is 12.0. The van der Waals surface area contributed by atoms with Crippen molar-refractivity contribution in [2.24, 2.45) is 0 Å². The van der Waals surface area contributed by atoms with Crippen molar-refractivity contribution in [2.75, 3.05) is 6.61 Å². The van der Waals surface area contributed by atoms with Crippen molar-refractivity contribution < 1.29 is 9.90 Å². The third-order valence-corrected chi connectivity index (χ3v) is 3.09. The highest BCUT2D eigenvalue weighted by atomic mass is 35.5. The van der Waals surface area contributed by atoms with Crippen LogP contribution in [0.2, 0.25) is 5.15 Å². The van der Waals surface area contributed by atoms with Gasteiger partial charge in [-0.05, 0) is 24.1 Å². The summed E-state index contributed by atoms with van der Waals surface area (Å²) in [5.74, 6) is -0.274. The number of hydrogen-bond acceptors (Lipinski definition) is 3. The molecular formula is C15H15ClN2O2. The summed E-state index contributed by atoms with van der Waals surface area (Å²) < 4.78 is 0. The van der Waals surface area contributed by atoms with Crippen LogP contribution in [0, 0.1) is 0 Å². The molecule has 1 heterocycles. The number of carbonyl (C=O) groups excluding carboxylic acids is 1. The molecule has 0 aliphatic carbocycles. The first kappa shape index (κ1) is 14.5. The average Bonchev–Trinajstić information content (AvgIpc) is 2.48. The third-order valence-electron chi connectivity index (χ3n) is 2.87. The molecule has 1 aromatic heterocycles. The molecule has 0 aliphatic rings. The van der Waals surface area contributed by atoms with Crippen LogP contribution in [0.25, 0.3) is 0 Å². The number of nitrogens with one attached hydrogen (secondary N) is 1. The molecule has 1 atom stereocenters. The minimum absolute atomic E-state index is 0.123. The van der Waals surface area contributed by atoms with E-state index in [1.54, 1.807) is 12.1 Å². The molecule has 5 heteroatoms. The number of rotatable bonds is 5. The van der Waals surface area contributed by atoms with Gasteiger partial charge in [-0.3, -0.25) is 4.79 Å². The number of aliphatic hydroxyl groups is 1. The summed E-state index contributed by atoms with van der Waals surface area (Å²) in [6.07, 6.45) is 1.98. The zero-order valence-corrected chi connectivity index (χ0v) is 11.5. The van der Waals surface area contributed by atoms with Gasteiger partial charge in [0.15, 0.2) is 0 Å². The Labute approximate surface area is 122 Å². The summed E-state index contributed by atoms with van der Waals surface area (Å²) in [7, 11) is 0. The first-order chi connectivity index (χ1) is 9.69. The molecule has 0 spiro atoms. The van der Waals surface area contributed by atoms with Crippen LogP contribution in [0.3, 0.4) is 0 Å². The molecular weight excluding hydrogens is 276 g/mol. The Morgan fingerprint density at radius 3 is 2.60 bits per heavy atom. The number of aromatic nitrogens is 1. The van der Waals surface area contributed by atoms with Crippen molar-refractivity contribution in [2.45, 2.75) is 12.5 Å². The summed E-state index contributed by atoms with van der Waals surface area (Å²) in [6.45, 7) is -0.123. The van der Waals surface area contributed by atoms with Crippen LogP contribution in [-0.4, -0.2) is 28.6 Å². The molecule has 4 nitrogen and oxygen atoms in total. The van der Waals surface area contributed by atoms with Gasteiger partial charge in [-0.2, -0.15) is 0 Å². The Balaban J connectivity index is 1.99. The Hall–Kier alpha value is -1.91. The van der Waals surface area contributed by atoms with E-state index in [0.29, 0.717) is 17.1 Å². The molecule has 104 valence electrons. The van der Waals surface area contributed by atoms with Crippen molar-refractivity contribution in [3.05, 3.63) is 64.9 Å². The fourth-order valence-electron chi connectivity index (χ4n) is 1.84. The first-order valence-electron chi connectivity index (χ1n) is 6.26. The predicted molar refractivity (Wildman–Crippen MR) is 77.7 cm³/mol. The minimum atomic E-state index is -0.333. The topological polar surface area (TPSA) is 62.2 Å². The fraction of sp³-hybridized carbons (Fsp3) is 0.200. The maximum atomic E-state index is 12.0. The van der Waals surface area contributed by atoms with E-state index >= 15 is 0 Å². The highest BCUT2D eigenvalue weighted by molar-refractivity contribution is 6.29. The molecule has 0 aliphatic heterocycles. The van der Waals surface area contributed by atoms with Crippen LogP contribution in [-0.2, 0) is 6.42 Å². The second-order valence-corrected chi connectivity index (χ2v) is 4.80. The van der Waals surface area contributed by atoms with E-state index in [2.05, 4.69) is 10.3 Å². The smallest absolute Gasteiger partial charge is 0.253 e. The van der Waals surface area contributed by atoms with Gasteiger partial charge < -0.3 is 10.4 Å². The molecule has 0 saturated heterocycles. The molecule has 0 saturated carbocycles. The predicted octanol–water partition coefficient (Wildman–Crippen LogP) is 2.07. The van der Waals surface area contributed by atoms with Crippen LogP contribution in [0.4, 0.5) is 0 Å². The lowest BCUT2D eigenvalue weighted by atomic mass is 10.1.